The molecule has 24 heavy (non-hydrogen) atoms. The van der Waals surface area contributed by atoms with E-state index >= 15 is 0 Å². The number of piperidine rings is 1. The summed E-state index contributed by atoms with van der Waals surface area (Å²) in [5.74, 6) is 2.41. The van der Waals surface area contributed by atoms with Crippen LogP contribution in [0.2, 0.25) is 0 Å². The predicted molar refractivity (Wildman–Crippen MR) is 96.8 cm³/mol. The molecular weight excluding hydrogens is 320 g/mol. The first-order valence-electron chi connectivity index (χ1n) is 8.29. The number of anilines is 1. The van der Waals surface area contributed by atoms with E-state index in [1.165, 1.54) is 4.70 Å². The van der Waals surface area contributed by atoms with Gasteiger partial charge in [0.1, 0.15) is 12.1 Å². The van der Waals surface area contributed by atoms with Crippen LogP contribution in [0.3, 0.4) is 0 Å². The topological polar surface area (TPSA) is 51.1 Å². The summed E-state index contributed by atoms with van der Waals surface area (Å²) in [5, 5.41) is 2.08. The number of rotatable bonds is 4. The Bertz CT molecular complexity index is 827. The Labute approximate surface area is 145 Å². The number of hydrogen-bond donors (Lipinski definition) is 0. The highest BCUT2D eigenvalue weighted by Crippen LogP contribution is 2.30. The third-order valence-corrected chi connectivity index (χ3v) is 5.46. The molecule has 3 aromatic rings. The molecule has 0 amide bonds. The molecule has 1 aliphatic heterocycles. The highest BCUT2D eigenvalue weighted by Gasteiger charge is 2.22. The molecule has 3 aromatic heterocycles. The van der Waals surface area contributed by atoms with Gasteiger partial charge < -0.3 is 9.64 Å². The molecule has 0 unspecified atom stereocenters. The van der Waals surface area contributed by atoms with Crippen LogP contribution in [-0.2, 0) is 0 Å². The molecule has 0 aromatic carbocycles. The van der Waals surface area contributed by atoms with Crippen molar-refractivity contribution in [3.63, 3.8) is 0 Å². The number of fused-ring (bicyclic) bond motifs is 1. The fourth-order valence-corrected chi connectivity index (χ4v) is 3.99. The lowest BCUT2D eigenvalue weighted by molar-refractivity contribution is 0.215. The third-order valence-electron chi connectivity index (χ3n) is 4.56. The van der Waals surface area contributed by atoms with Crippen molar-refractivity contribution in [3.05, 3.63) is 41.7 Å². The summed E-state index contributed by atoms with van der Waals surface area (Å²) < 4.78 is 7.11. The third kappa shape index (κ3) is 3.06. The number of aryl methyl sites for hydroxylation is 1. The van der Waals surface area contributed by atoms with E-state index in [0.717, 1.165) is 55.3 Å². The number of aromatic nitrogens is 3. The average molecular weight is 340 g/mol. The van der Waals surface area contributed by atoms with Gasteiger partial charge in [0.05, 0.1) is 16.8 Å². The molecule has 0 saturated carbocycles. The van der Waals surface area contributed by atoms with Crippen molar-refractivity contribution < 1.29 is 4.74 Å². The first kappa shape index (κ1) is 15.3. The second-order valence-corrected chi connectivity index (χ2v) is 7.12. The SMILES string of the molecule is Cc1cccnc1OCC1CCN(c2ncnc3ccsc23)CC1. The number of pyridine rings is 1. The van der Waals surface area contributed by atoms with E-state index in [-0.39, 0.29) is 0 Å². The van der Waals surface area contributed by atoms with Gasteiger partial charge in [-0.1, -0.05) is 6.07 Å². The molecule has 4 rings (SSSR count). The Kier molecular flexibility index (Phi) is 4.30. The van der Waals surface area contributed by atoms with Crippen LogP contribution >= 0.6 is 11.3 Å². The standard InChI is InChI=1S/C18H20N4OS/c1-13-3-2-7-19-18(13)23-11-14-4-8-22(9-5-14)17-16-15(6-10-24-16)20-12-21-17/h2-3,6-7,10,12,14H,4-5,8-9,11H2,1H3. The lowest BCUT2D eigenvalue weighted by Crippen LogP contribution is -2.36. The minimum absolute atomic E-state index is 0.573. The van der Waals surface area contributed by atoms with Crippen LogP contribution in [0.1, 0.15) is 18.4 Å². The summed E-state index contributed by atoms with van der Waals surface area (Å²) >= 11 is 1.72. The Morgan fingerprint density at radius 2 is 2.08 bits per heavy atom. The van der Waals surface area contributed by atoms with E-state index in [0.29, 0.717) is 5.92 Å². The van der Waals surface area contributed by atoms with Crippen LogP contribution in [0.15, 0.2) is 36.1 Å². The van der Waals surface area contributed by atoms with Gasteiger partial charge >= 0.3 is 0 Å². The van der Waals surface area contributed by atoms with Crippen molar-refractivity contribution in [2.45, 2.75) is 19.8 Å². The van der Waals surface area contributed by atoms with Crippen LogP contribution < -0.4 is 9.64 Å². The van der Waals surface area contributed by atoms with Crippen LogP contribution in [-0.4, -0.2) is 34.6 Å². The smallest absolute Gasteiger partial charge is 0.216 e. The first-order valence-corrected chi connectivity index (χ1v) is 9.17. The van der Waals surface area contributed by atoms with Crippen LogP contribution in [0.25, 0.3) is 10.2 Å². The minimum atomic E-state index is 0.573. The average Bonchev–Trinajstić information content (AvgIpc) is 3.10. The van der Waals surface area contributed by atoms with Crippen LogP contribution in [0.4, 0.5) is 5.82 Å². The van der Waals surface area contributed by atoms with E-state index in [9.17, 15) is 0 Å². The zero-order chi connectivity index (χ0) is 16.4. The van der Waals surface area contributed by atoms with Crippen molar-refractivity contribution in [2.75, 3.05) is 24.6 Å². The molecule has 124 valence electrons. The van der Waals surface area contributed by atoms with Gasteiger partial charge in [0.2, 0.25) is 5.88 Å². The van der Waals surface area contributed by atoms with Gasteiger partial charge in [-0.15, -0.1) is 11.3 Å². The van der Waals surface area contributed by atoms with Crippen molar-refractivity contribution in [3.8, 4) is 5.88 Å². The Hall–Kier alpha value is -2.21. The summed E-state index contributed by atoms with van der Waals surface area (Å²) in [4.78, 5) is 15.5. The quantitative estimate of drug-likeness (QED) is 0.725. The van der Waals surface area contributed by atoms with Gasteiger partial charge in [-0.05, 0) is 43.2 Å². The zero-order valence-electron chi connectivity index (χ0n) is 13.7. The second-order valence-electron chi connectivity index (χ2n) is 6.20. The molecule has 0 bridgehead atoms. The normalized spacial score (nSPS) is 15.8. The first-order chi connectivity index (χ1) is 11.8. The maximum absolute atomic E-state index is 5.92. The largest absolute Gasteiger partial charge is 0.477 e. The fourth-order valence-electron chi connectivity index (χ4n) is 3.13. The lowest BCUT2D eigenvalue weighted by Gasteiger charge is -2.32. The number of thiophene rings is 1. The highest BCUT2D eigenvalue weighted by molar-refractivity contribution is 7.17. The lowest BCUT2D eigenvalue weighted by atomic mass is 9.98. The van der Waals surface area contributed by atoms with Gasteiger partial charge in [0, 0.05) is 24.8 Å². The van der Waals surface area contributed by atoms with Gasteiger partial charge in [0.25, 0.3) is 0 Å². The van der Waals surface area contributed by atoms with Crippen molar-refractivity contribution in [1.82, 2.24) is 15.0 Å². The Balaban J connectivity index is 1.37. The number of nitrogens with zero attached hydrogens (tertiary/aromatic N) is 4. The molecule has 1 aliphatic rings. The molecular formula is C18H20N4OS. The second kappa shape index (κ2) is 6.73. The van der Waals surface area contributed by atoms with Crippen molar-refractivity contribution in [1.29, 1.82) is 0 Å². The number of hydrogen-bond acceptors (Lipinski definition) is 6. The van der Waals surface area contributed by atoms with Crippen LogP contribution in [0, 0.1) is 12.8 Å². The zero-order valence-corrected chi connectivity index (χ0v) is 14.5. The molecule has 0 atom stereocenters. The van der Waals surface area contributed by atoms with E-state index in [2.05, 4.69) is 31.3 Å². The monoisotopic (exact) mass is 340 g/mol. The van der Waals surface area contributed by atoms with Gasteiger partial charge in [-0.25, -0.2) is 15.0 Å². The molecule has 0 radical (unpaired) electrons. The molecule has 1 saturated heterocycles. The summed E-state index contributed by atoms with van der Waals surface area (Å²) in [6, 6.07) is 6.03. The molecule has 0 spiro atoms. The maximum atomic E-state index is 5.92. The van der Waals surface area contributed by atoms with Gasteiger partial charge in [-0.3, -0.25) is 0 Å². The van der Waals surface area contributed by atoms with Crippen LogP contribution in [0.5, 0.6) is 5.88 Å². The van der Waals surface area contributed by atoms with Gasteiger partial charge in [0.15, 0.2) is 0 Å². The Morgan fingerprint density at radius 1 is 1.21 bits per heavy atom. The van der Waals surface area contributed by atoms with E-state index < -0.39 is 0 Å². The Morgan fingerprint density at radius 3 is 2.92 bits per heavy atom. The van der Waals surface area contributed by atoms with Crippen molar-refractivity contribution >= 4 is 27.4 Å². The minimum Gasteiger partial charge on any atom is -0.477 e. The predicted octanol–water partition coefficient (Wildman–Crippen LogP) is 3.69. The summed E-state index contributed by atoms with van der Waals surface area (Å²) in [7, 11) is 0. The highest BCUT2D eigenvalue weighted by atomic mass is 32.1. The van der Waals surface area contributed by atoms with E-state index in [1.54, 1.807) is 23.9 Å². The van der Waals surface area contributed by atoms with E-state index in [4.69, 9.17) is 4.74 Å². The van der Waals surface area contributed by atoms with Gasteiger partial charge in [-0.2, -0.15) is 0 Å². The fraction of sp³-hybridized carbons (Fsp3) is 0.389. The maximum Gasteiger partial charge on any atom is 0.216 e. The van der Waals surface area contributed by atoms with E-state index in [1.807, 2.05) is 19.1 Å². The molecule has 6 heteroatoms. The van der Waals surface area contributed by atoms with Crippen molar-refractivity contribution in [2.24, 2.45) is 5.92 Å². The summed E-state index contributed by atoms with van der Waals surface area (Å²) in [6.45, 7) is 4.80. The molecule has 4 heterocycles. The summed E-state index contributed by atoms with van der Waals surface area (Å²) in [6.07, 6.45) is 5.68. The molecule has 1 fully saturated rings. The molecule has 0 aliphatic carbocycles. The molecule has 5 nitrogen and oxygen atoms in total. The number of ether oxygens (including phenoxy) is 1. The molecule has 0 N–H and O–H groups in total. The summed E-state index contributed by atoms with van der Waals surface area (Å²) in [5.41, 5.74) is 2.14.